The minimum atomic E-state index is -0.180. The first kappa shape index (κ1) is 12.9. The summed E-state index contributed by atoms with van der Waals surface area (Å²) >= 11 is 0. The smallest absolute Gasteiger partial charge is 0.263 e. The zero-order chi connectivity index (χ0) is 11.0. The summed E-state index contributed by atoms with van der Waals surface area (Å²) in [7, 11) is 0. The van der Waals surface area contributed by atoms with Crippen molar-refractivity contribution >= 4 is 5.91 Å². The van der Waals surface area contributed by atoms with Crippen LogP contribution in [0.5, 0.6) is 0 Å². The number of unbranched alkanes of at least 4 members (excludes halogenated alkanes) is 2. The minimum absolute atomic E-state index is 0.180. The molecular weight excluding hydrogens is 176 g/mol. The number of rotatable bonds is 7. The van der Waals surface area contributed by atoms with Crippen molar-refractivity contribution in [2.75, 3.05) is 6.54 Å². The first-order valence-corrected chi connectivity index (χ1v) is 4.98. The summed E-state index contributed by atoms with van der Waals surface area (Å²) in [6.45, 7) is 9.91. The standard InChI is InChI=1S/C11H20N2O/c1-4-6-7-9-13(12)11(14)10(3)8-5-2/h5H,2-4,6-9,12H2,1H3. The Morgan fingerprint density at radius 2 is 2.14 bits per heavy atom. The summed E-state index contributed by atoms with van der Waals surface area (Å²) in [5.74, 6) is 5.40. The van der Waals surface area contributed by atoms with Crippen molar-refractivity contribution < 1.29 is 4.79 Å². The van der Waals surface area contributed by atoms with E-state index in [0.29, 0.717) is 18.5 Å². The molecule has 0 heterocycles. The number of nitrogens with zero attached hydrogens (tertiary/aromatic N) is 1. The molecule has 2 N–H and O–H groups in total. The molecule has 0 saturated carbocycles. The average molecular weight is 196 g/mol. The predicted molar refractivity (Wildman–Crippen MR) is 59.4 cm³/mol. The van der Waals surface area contributed by atoms with Gasteiger partial charge < -0.3 is 0 Å². The van der Waals surface area contributed by atoms with Gasteiger partial charge in [0.05, 0.1) is 0 Å². The maximum atomic E-state index is 11.5. The molecule has 0 unspecified atom stereocenters. The van der Waals surface area contributed by atoms with E-state index in [1.54, 1.807) is 6.08 Å². The number of carbonyl (C=O) groups excluding carboxylic acids is 1. The van der Waals surface area contributed by atoms with Crippen molar-refractivity contribution in [3.8, 4) is 0 Å². The van der Waals surface area contributed by atoms with Crippen LogP contribution in [0.3, 0.4) is 0 Å². The molecule has 14 heavy (non-hydrogen) atoms. The van der Waals surface area contributed by atoms with Crippen molar-refractivity contribution in [1.82, 2.24) is 5.01 Å². The molecular formula is C11H20N2O. The van der Waals surface area contributed by atoms with E-state index >= 15 is 0 Å². The van der Waals surface area contributed by atoms with Gasteiger partial charge in [0.2, 0.25) is 0 Å². The van der Waals surface area contributed by atoms with Gasteiger partial charge in [-0.05, 0) is 12.8 Å². The highest BCUT2D eigenvalue weighted by Gasteiger charge is 2.11. The van der Waals surface area contributed by atoms with Crippen LogP contribution in [0.2, 0.25) is 0 Å². The Kier molecular flexibility index (Phi) is 6.76. The quantitative estimate of drug-likeness (QED) is 0.169. The summed E-state index contributed by atoms with van der Waals surface area (Å²) in [6, 6.07) is 0. The maximum absolute atomic E-state index is 11.5. The molecule has 0 aromatic carbocycles. The highest BCUT2D eigenvalue weighted by Crippen LogP contribution is 2.03. The van der Waals surface area contributed by atoms with Crippen molar-refractivity contribution in [3.63, 3.8) is 0 Å². The van der Waals surface area contributed by atoms with Gasteiger partial charge >= 0.3 is 0 Å². The molecule has 3 nitrogen and oxygen atoms in total. The van der Waals surface area contributed by atoms with E-state index in [9.17, 15) is 4.79 Å². The molecule has 0 aliphatic carbocycles. The van der Waals surface area contributed by atoms with Crippen LogP contribution in [0.25, 0.3) is 0 Å². The zero-order valence-corrected chi connectivity index (χ0v) is 8.96. The zero-order valence-electron chi connectivity index (χ0n) is 8.96. The molecule has 0 radical (unpaired) electrons. The Bertz CT molecular complexity index is 211. The molecule has 0 aromatic heterocycles. The van der Waals surface area contributed by atoms with Gasteiger partial charge in [0, 0.05) is 12.1 Å². The van der Waals surface area contributed by atoms with Crippen LogP contribution in [-0.2, 0) is 4.79 Å². The molecule has 0 atom stereocenters. The lowest BCUT2D eigenvalue weighted by atomic mass is 10.2. The first-order valence-electron chi connectivity index (χ1n) is 4.98. The summed E-state index contributed by atoms with van der Waals surface area (Å²) in [6.07, 6.45) is 5.31. The van der Waals surface area contributed by atoms with Gasteiger partial charge in [0.25, 0.3) is 5.91 Å². The Balaban J connectivity index is 3.86. The topological polar surface area (TPSA) is 46.3 Å². The van der Waals surface area contributed by atoms with Crippen LogP contribution in [0, 0.1) is 0 Å². The fraction of sp³-hybridized carbons (Fsp3) is 0.545. The van der Waals surface area contributed by atoms with E-state index < -0.39 is 0 Å². The fourth-order valence-electron chi connectivity index (χ4n) is 1.10. The number of hydrogen-bond donors (Lipinski definition) is 1. The third-order valence-electron chi connectivity index (χ3n) is 1.96. The van der Waals surface area contributed by atoms with E-state index in [-0.39, 0.29) is 5.91 Å². The number of nitrogens with two attached hydrogens (primary N) is 1. The van der Waals surface area contributed by atoms with E-state index in [1.807, 2.05) is 0 Å². The van der Waals surface area contributed by atoms with Crippen LogP contribution < -0.4 is 5.84 Å². The van der Waals surface area contributed by atoms with Crippen molar-refractivity contribution in [2.24, 2.45) is 5.84 Å². The molecule has 0 saturated heterocycles. The first-order chi connectivity index (χ1) is 6.63. The average Bonchev–Trinajstić information content (AvgIpc) is 2.17. The molecule has 0 aromatic rings. The lowest BCUT2D eigenvalue weighted by molar-refractivity contribution is -0.127. The second-order valence-electron chi connectivity index (χ2n) is 3.30. The highest BCUT2D eigenvalue weighted by molar-refractivity contribution is 5.92. The highest BCUT2D eigenvalue weighted by atomic mass is 16.2. The van der Waals surface area contributed by atoms with Gasteiger partial charge in [-0.1, -0.05) is 32.4 Å². The number of hydrazine groups is 1. The number of amides is 1. The van der Waals surface area contributed by atoms with Crippen LogP contribution >= 0.6 is 0 Å². The van der Waals surface area contributed by atoms with Gasteiger partial charge in [-0.2, -0.15) is 0 Å². The fourth-order valence-corrected chi connectivity index (χ4v) is 1.10. The molecule has 0 aliphatic rings. The normalized spacial score (nSPS) is 9.57. The molecule has 0 rings (SSSR count). The summed E-state index contributed by atoms with van der Waals surface area (Å²) in [5, 5.41) is 1.24. The van der Waals surface area contributed by atoms with E-state index in [4.69, 9.17) is 5.84 Å². The van der Waals surface area contributed by atoms with Gasteiger partial charge in [-0.3, -0.25) is 9.80 Å². The lowest BCUT2D eigenvalue weighted by Crippen LogP contribution is -2.38. The third-order valence-corrected chi connectivity index (χ3v) is 1.96. The van der Waals surface area contributed by atoms with Crippen molar-refractivity contribution in [3.05, 3.63) is 24.8 Å². The Labute approximate surface area is 86.2 Å². The second kappa shape index (κ2) is 7.33. The Morgan fingerprint density at radius 3 is 2.64 bits per heavy atom. The second-order valence-corrected chi connectivity index (χ2v) is 3.30. The number of allylic oxidation sites excluding steroid dienone is 1. The third kappa shape index (κ3) is 4.82. The summed E-state index contributed by atoms with van der Waals surface area (Å²) < 4.78 is 0. The maximum Gasteiger partial charge on any atom is 0.263 e. The number of hydrogen-bond acceptors (Lipinski definition) is 2. The lowest BCUT2D eigenvalue weighted by Gasteiger charge is -2.16. The van der Waals surface area contributed by atoms with E-state index in [2.05, 4.69) is 20.1 Å². The van der Waals surface area contributed by atoms with Crippen molar-refractivity contribution in [1.29, 1.82) is 0 Å². The van der Waals surface area contributed by atoms with Gasteiger partial charge in [0.1, 0.15) is 0 Å². The van der Waals surface area contributed by atoms with Crippen LogP contribution in [0.1, 0.15) is 32.6 Å². The summed E-state index contributed by atoms with van der Waals surface area (Å²) in [4.78, 5) is 11.5. The monoisotopic (exact) mass is 196 g/mol. The molecule has 0 fully saturated rings. The van der Waals surface area contributed by atoms with Gasteiger partial charge in [0.15, 0.2) is 0 Å². The SMILES string of the molecule is C=CCC(=C)C(=O)N(N)CCCCC. The molecule has 3 heteroatoms. The van der Waals surface area contributed by atoms with E-state index in [0.717, 1.165) is 19.3 Å². The van der Waals surface area contributed by atoms with E-state index in [1.165, 1.54) is 5.01 Å². The van der Waals surface area contributed by atoms with Crippen molar-refractivity contribution in [2.45, 2.75) is 32.6 Å². The molecule has 0 spiro atoms. The van der Waals surface area contributed by atoms with Crippen LogP contribution in [-0.4, -0.2) is 17.5 Å². The van der Waals surface area contributed by atoms with Crippen LogP contribution in [0.15, 0.2) is 24.8 Å². The summed E-state index contributed by atoms with van der Waals surface area (Å²) in [5.41, 5.74) is 0.499. The molecule has 0 aliphatic heterocycles. The molecule has 0 bridgehead atoms. The minimum Gasteiger partial charge on any atom is -0.277 e. The predicted octanol–water partition coefficient (Wildman–Crippen LogP) is 2.01. The Morgan fingerprint density at radius 1 is 1.50 bits per heavy atom. The largest absolute Gasteiger partial charge is 0.277 e. The van der Waals surface area contributed by atoms with Gasteiger partial charge in [-0.25, -0.2) is 5.84 Å². The number of carbonyl (C=O) groups is 1. The molecule has 1 amide bonds. The van der Waals surface area contributed by atoms with Crippen LogP contribution in [0.4, 0.5) is 0 Å². The Hall–Kier alpha value is -1.09. The van der Waals surface area contributed by atoms with Gasteiger partial charge in [-0.15, -0.1) is 6.58 Å². The molecule has 80 valence electrons.